The normalized spacial score (nSPS) is 16.2. The maximum Gasteiger partial charge on any atom is 0.391 e. The average molecular weight is 411 g/mol. The van der Waals surface area contributed by atoms with Gasteiger partial charge in [0.05, 0.1) is 17.5 Å². The minimum atomic E-state index is -4.42. The van der Waals surface area contributed by atoms with E-state index in [1.54, 1.807) is 36.4 Å². The molecule has 0 bridgehead atoms. The molecule has 0 saturated heterocycles. The van der Waals surface area contributed by atoms with E-state index >= 15 is 0 Å². The summed E-state index contributed by atoms with van der Waals surface area (Å²) in [5, 5.41) is 2.61. The molecule has 3 rings (SSSR count). The molecule has 1 aromatic heterocycles. The van der Waals surface area contributed by atoms with Gasteiger partial charge in [-0.25, -0.2) is 4.98 Å². The van der Waals surface area contributed by atoms with Gasteiger partial charge in [-0.3, -0.25) is 4.79 Å². The first kappa shape index (κ1) is 20.6. The molecule has 0 saturated carbocycles. The lowest BCUT2D eigenvalue weighted by Crippen LogP contribution is -2.50. The number of nitrogens with zero attached hydrogens (tertiary/aromatic N) is 1. The van der Waals surface area contributed by atoms with Crippen LogP contribution in [0.1, 0.15) is 53.4 Å². The lowest BCUT2D eigenvalue weighted by Gasteiger charge is -2.32. The van der Waals surface area contributed by atoms with Crippen LogP contribution in [0, 0.1) is 0 Å². The number of fused-ring (bicyclic) bond motifs is 1. The molecule has 7 heteroatoms. The van der Waals surface area contributed by atoms with Crippen molar-refractivity contribution in [3.63, 3.8) is 0 Å². The van der Waals surface area contributed by atoms with Gasteiger partial charge in [0.15, 0.2) is 0 Å². The molecule has 0 fully saturated rings. The molecule has 28 heavy (non-hydrogen) atoms. The number of aryl methyl sites for hydroxylation is 2. The molecule has 1 heterocycles. The van der Waals surface area contributed by atoms with Gasteiger partial charge >= 0.3 is 6.18 Å². The molecule has 1 N–H and O–H groups in total. The van der Waals surface area contributed by atoms with Gasteiger partial charge in [-0.1, -0.05) is 41.9 Å². The van der Waals surface area contributed by atoms with E-state index in [1.807, 2.05) is 0 Å². The number of hydrogen-bond donors (Lipinski definition) is 1. The highest BCUT2D eigenvalue weighted by molar-refractivity contribution is 6.32. The van der Waals surface area contributed by atoms with E-state index in [4.69, 9.17) is 11.6 Å². The predicted octanol–water partition coefficient (Wildman–Crippen LogP) is 5.30. The quantitative estimate of drug-likeness (QED) is 0.680. The van der Waals surface area contributed by atoms with Crippen LogP contribution in [0.25, 0.3) is 0 Å². The molecule has 0 aliphatic heterocycles. The number of nitrogens with one attached hydrogen (secondary N) is 1. The van der Waals surface area contributed by atoms with Crippen LogP contribution in [0.3, 0.4) is 0 Å². The summed E-state index contributed by atoms with van der Waals surface area (Å²) in [6, 6.07) is 10.5. The van der Waals surface area contributed by atoms with Crippen LogP contribution in [0.4, 0.5) is 13.2 Å². The Balaban J connectivity index is 1.86. The smallest absolute Gasteiger partial charge is 0.346 e. The number of amides is 1. The van der Waals surface area contributed by atoms with Gasteiger partial charge in [-0.2, -0.15) is 13.2 Å². The minimum Gasteiger partial charge on any atom is -0.346 e. The third-order valence-electron chi connectivity index (χ3n) is 4.94. The van der Waals surface area contributed by atoms with Gasteiger partial charge < -0.3 is 5.32 Å². The number of aromatic nitrogens is 1. The Morgan fingerprint density at radius 1 is 1.18 bits per heavy atom. The number of carbonyl (C=O) groups is 1. The summed E-state index contributed by atoms with van der Waals surface area (Å²) in [6.07, 6.45) is -1.90. The second-order valence-electron chi connectivity index (χ2n) is 7.61. The van der Waals surface area contributed by atoms with Crippen molar-refractivity contribution in [3.8, 4) is 0 Å². The fourth-order valence-corrected chi connectivity index (χ4v) is 3.99. The third-order valence-corrected chi connectivity index (χ3v) is 5.23. The lowest BCUT2D eigenvalue weighted by atomic mass is 9.88. The van der Waals surface area contributed by atoms with E-state index in [0.717, 1.165) is 36.9 Å². The highest BCUT2D eigenvalue weighted by Gasteiger charge is 2.41. The van der Waals surface area contributed by atoms with Gasteiger partial charge in [0, 0.05) is 5.69 Å². The van der Waals surface area contributed by atoms with Crippen molar-refractivity contribution in [2.75, 3.05) is 0 Å². The molecule has 1 amide bonds. The fourth-order valence-electron chi connectivity index (χ4n) is 3.75. The van der Waals surface area contributed by atoms with E-state index in [-0.39, 0.29) is 17.1 Å². The zero-order valence-corrected chi connectivity index (χ0v) is 16.3. The second-order valence-corrected chi connectivity index (χ2v) is 7.97. The molecule has 1 atom stereocenters. The molecule has 2 aromatic rings. The number of hydrogen-bond acceptors (Lipinski definition) is 2. The highest BCUT2D eigenvalue weighted by Crippen LogP contribution is 2.31. The molecule has 0 spiro atoms. The molecule has 1 aromatic carbocycles. The van der Waals surface area contributed by atoms with Gasteiger partial charge in [0.2, 0.25) is 0 Å². The molecule has 150 valence electrons. The summed E-state index contributed by atoms with van der Waals surface area (Å²) in [4.78, 5) is 17.1. The number of halogens is 4. The SMILES string of the molecule is CC(Cc1ccccc1)(CC(F)(F)F)NC(=O)c1cc2c(nc1Cl)CCCC2. The molecular weight excluding hydrogens is 389 g/mol. The number of benzene rings is 1. The second kappa shape index (κ2) is 8.11. The third kappa shape index (κ3) is 5.25. The van der Waals surface area contributed by atoms with Crippen molar-refractivity contribution in [2.45, 2.75) is 57.2 Å². The van der Waals surface area contributed by atoms with Gasteiger partial charge in [-0.05, 0) is 56.2 Å². The molecule has 1 unspecified atom stereocenters. The Labute approximate surface area is 167 Å². The van der Waals surface area contributed by atoms with Crippen LogP contribution in [0.5, 0.6) is 0 Å². The topological polar surface area (TPSA) is 42.0 Å². The number of carbonyl (C=O) groups excluding carboxylic acids is 1. The van der Waals surface area contributed by atoms with Gasteiger partial charge in [-0.15, -0.1) is 0 Å². The molecule has 1 aliphatic rings. The van der Waals surface area contributed by atoms with Crippen molar-refractivity contribution < 1.29 is 18.0 Å². The largest absolute Gasteiger partial charge is 0.391 e. The highest BCUT2D eigenvalue weighted by atomic mass is 35.5. The predicted molar refractivity (Wildman–Crippen MR) is 103 cm³/mol. The minimum absolute atomic E-state index is 0.0345. The van der Waals surface area contributed by atoms with E-state index in [9.17, 15) is 18.0 Å². The van der Waals surface area contributed by atoms with Gasteiger partial charge in [0.25, 0.3) is 5.91 Å². The maximum atomic E-state index is 13.2. The van der Waals surface area contributed by atoms with Crippen LogP contribution < -0.4 is 5.32 Å². The summed E-state index contributed by atoms with van der Waals surface area (Å²) in [7, 11) is 0. The zero-order chi connectivity index (χ0) is 20.4. The zero-order valence-electron chi connectivity index (χ0n) is 15.6. The first-order valence-corrected chi connectivity index (χ1v) is 9.64. The van der Waals surface area contributed by atoms with Crippen molar-refractivity contribution in [1.82, 2.24) is 10.3 Å². The molecule has 1 aliphatic carbocycles. The Bertz CT molecular complexity index is 855. The summed E-state index contributed by atoms with van der Waals surface area (Å²) in [6.45, 7) is 1.41. The Morgan fingerprint density at radius 2 is 1.86 bits per heavy atom. The van der Waals surface area contributed by atoms with Crippen molar-refractivity contribution in [1.29, 1.82) is 0 Å². The standard InChI is InChI=1S/C21H22ClF3N2O/c1-20(13-21(23,24)25,12-14-7-3-2-4-8-14)27-19(28)16-11-15-9-5-6-10-17(15)26-18(16)22/h2-4,7-8,11H,5-6,9-10,12-13H2,1H3,(H,27,28). The van der Waals surface area contributed by atoms with Crippen molar-refractivity contribution in [3.05, 3.63) is 63.9 Å². The molecule has 3 nitrogen and oxygen atoms in total. The summed E-state index contributed by atoms with van der Waals surface area (Å²) in [5.74, 6) is -0.631. The summed E-state index contributed by atoms with van der Waals surface area (Å²) in [5.41, 5.74) is 1.15. The van der Waals surface area contributed by atoms with E-state index in [2.05, 4.69) is 10.3 Å². The van der Waals surface area contributed by atoms with Crippen molar-refractivity contribution >= 4 is 17.5 Å². The monoisotopic (exact) mass is 410 g/mol. The van der Waals surface area contributed by atoms with E-state index in [0.29, 0.717) is 5.56 Å². The van der Waals surface area contributed by atoms with Crippen LogP contribution >= 0.6 is 11.6 Å². The van der Waals surface area contributed by atoms with E-state index < -0.39 is 24.0 Å². The van der Waals surface area contributed by atoms with Crippen LogP contribution in [-0.2, 0) is 19.3 Å². The van der Waals surface area contributed by atoms with Crippen molar-refractivity contribution in [2.24, 2.45) is 0 Å². The van der Waals surface area contributed by atoms with Gasteiger partial charge in [0.1, 0.15) is 5.15 Å². The lowest BCUT2D eigenvalue weighted by molar-refractivity contribution is -0.147. The van der Waals surface area contributed by atoms with Crippen LogP contribution in [0.15, 0.2) is 36.4 Å². The maximum absolute atomic E-state index is 13.2. The average Bonchev–Trinajstić information content (AvgIpc) is 2.59. The number of pyridine rings is 1. The molecule has 0 radical (unpaired) electrons. The Kier molecular flexibility index (Phi) is 5.98. The number of alkyl halides is 3. The molecular formula is C21H22ClF3N2O. The van der Waals surface area contributed by atoms with Crippen LogP contribution in [-0.4, -0.2) is 22.6 Å². The summed E-state index contributed by atoms with van der Waals surface area (Å²) < 4.78 is 39.7. The fraction of sp³-hybridized carbons (Fsp3) is 0.429. The van der Waals surface area contributed by atoms with E-state index in [1.165, 1.54) is 6.92 Å². The van der Waals surface area contributed by atoms with Crippen LogP contribution in [0.2, 0.25) is 5.15 Å². The Hall–Kier alpha value is -2.08. The first-order chi connectivity index (χ1) is 13.2. The Morgan fingerprint density at radius 3 is 2.54 bits per heavy atom. The summed E-state index contributed by atoms with van der Waals surface area (Å²) >= 11 is 6.18. The number of rotatable bonds is 5. The first-order valence-electron chi connectivity index (χ1n) is 9.27.